The van der Waals surface area contributed by atoms with Crippen molar-refractivity contribution in [2.45, 2.75) is 32.7 Å². The van der Waals surface area contributed by atoms with Gasteiger partial charge in [-0.3, -0.25) is 0 Å². The van der Waals surface area contributed by atoms with Crippen LogP contribution in [-0.2, 0) is 6.54 Å². The minimum Gasteiger partial charge on any atom is -0.369 e. The van der Waals surface area contributed by atoms with Gasteiger partial charge in [0.1, 0.15) is 0 Å². The number of nitrogens with two attached hydrogens (primary N) is 1. The Kier molecular flexibility index (Phi) is 2.57. The van der Waals surface area contributed by atoms with E-state index in [1.54, 1.807) is 0 Å². The van der Waals surface area contributed by atoms with Crippen LogP contribution in [0.5, 0.6) is 0 Å². The number of benzene rings is 1. The Labute approximate surface area is 115 Å². The van der Waals surface area contributed by atoms with E-state index in [2.05, 4.69) is 57.3 Å². The van der Waals surface area contributed by atoms with Crippen LogP contribution in [0.25, 0.3) is 11.0 Å². The summed E-state index contributed by atoms with van der Waals surface area (Å²) < 4.78 is 3.37. The first kappa shape index (κ1) is 11.3. The molecule has 2 N–H and O–H groups in total. The van der Waals surface area contributed by atoms with Crippen molar-refractivity contribution >= 4 is 39.6 Å². The number of nitrogens with zero attached hydrogens (tertiary/aromatic N) is 2. The molecule has 0 atom stereocenters. The van der Waals surface area contributed by atoms with Crippen molar-refractivity contribution in [2.24, 2.45) is 5.41 Å². The quantitative estimate of drug-likeness (QED) is 0.851. The Balaban J connectivity index is 2.06. The molecule has 90 valence electrons. The van der Waals surface area contributed by atoms with Crippen LogP contribution in [0, 0.1) is 8.99 Å². The van der Waals surface area contributed by atoms with Crippen molar-refractivity contribution in [2.75, 3.05) is 5.73 Å². The molecule has 0 aliphatic heterocycles. The van der Waals surface area contributed by atoms with E-state index >= 15 is 0 Å². The van der Waals surface area contributed by atoms with E-state index in [4.69, 9.17) is 5.73 Å². The number of imidazole rings is 1. The second-order valence-corrected chi connectivity index (χ2v) is 6.60. The van der Waals surface area contributed by atoms with Crippen molar-refractivity contribution in [3.63, 3.8) is 0 Å². The number of anilines is 1. The molecule has 3 rings (SSSR count). The van der Waals surface area contributed by atoms with Gasteiger partial charge in [0.15, 0.2) is 0 Å². The highest BCUT2D eigenvalue weighted by molar-refractivity contribution is 14.1. The fourth-order valence-electron chi connectivity index (χ4n) is 2.61. The van der Waals surface area contributed by atoms with Crippen molar-refractivity contribution < 1.29 is 0 Å². The molecule has 1 aliphatic carbocycles. The molecule has 2 aromatic rings. The molecule has 1 fully saturated rings. The van der Waals surface area contributed by atoms with Gasteiger partial charge >= 0.3 is 0 Å². The van der Waals surface area contributed by atoms with Crippen LogP contribution >= 0.6 is 22.6 Å². The second kappa shape index (κ2) is 3.86. The number of hydrogen-bond donors (Lipinski definition) is 1. The summed E-state index contributed by atoms with van der Waals surface area (Å²) in [5.41, 5.74) is 8.63. The summed E-state index contributed by atoms with van der Waals surface area (Å²) in [7, 11) is 0. The monoisotopic (exact) mass is 341 g/mol. The van der Waals surface area contributed by atoms with Crippen LogP contribution in [0.3, 0.4) is 0 Å². The lowest BCUT2D eigenvalue weighted by molar-refractivity contribution is 0.135. The first-order chi connectivity index (χ1) is 8.07. The average molecular weight is 341 g/mol. The molecule has 0 spiro atoms. The first-order valence-corrected chi connectivity index (χ1v) is 7.07. The number of aromatic nitrogens is 2. The van der Waals surface area contributed by atoms with E-state index in [9.17, 15) is 0 Å². The lowest BCUT2D eigenvalue weighted by atomic mass is 9.70. The molecule has 0 unspecified atom stereocenters. The van der Waals surface area contributed by atoms with E-state index in [1.807, 2.05) is 0 Å². The molecule has 0 amide bonds. The summed E-state index contributed by atoms with van der Waals surface area (Å²) in [5.74, 6) is 0.648. The third-order valence-corrected chi connectivity index (χ3v) is 4.51. The Hall–Kier alpha value is -0.780. The van der Waals surface area contributed by atoms with Crippen LogP contribution in [0.2, 0.25) is 0 Å². The maximum Gasteiger partial charge on any atom is 0.201 e. The number of hydrogen-bond acceptors (Lipinski definition) is 2. The van der Waals surface area contributed by atoms with Gasteiger partial charge in [0.25, 0.3) is 0 Å². The maximum atomic E-state index is 6.04. The SMILES string of the molecule is CC1(Cn2c(N)nc3cc(I)ccc32)CCC1. The third-order valence-electron chi connectivity index (χ3n) is 3.84. The molecule has 1 heterocycles. The second-order valence-electron chi connectivity index (χ2n) is 5.35. The van der Waals surface area contributed by atoms with Gasteiger partial charge in [-0.2, -0.15) is 0 Å². The zero-order chi connectivity index (χ0) is 12.0. The fraction of sp³-hybridized carbons (Fsp3) is 0.462. The van der Waals surface area contributed by atoms with Gasteiger partial charge < -0.3 is 10.3 Å². The molecule has 1 aliphatic rings. The number of nitrogen functional groups attached to an aromatic ring is 1. The molecule has 0 bridgehead atoms. The zero-order valence-corrected chi connectivity index (χ0v) is 12.1. The molecule has 0 radical (unpaired) electrons. The third kappa shape index (κ3) is 1.92. The molecule has 0 saturated heterocycles. The first-order valence-electron chi connectivity index (χ1n) is 5.99. The summed E-state index contributed by atoms with van der Waals surface area (Å²) in [6.07, 6.45) is 3.95. The highest BCUT2D eigenvalue weighted by atomic mass is 127. The summed E-state index contributed by atoms with van der Waals surface area (Å²) in [6.45, 7) is 3.34. The summed E-state index contributed by atoms with van der Waals surface area (Å²) in [6, 6.07) is 6.33. The minimum absolute atomic E-state index is 0.421. The molecule has 4 heteroatoms. The smallest absolute Gasteiger partial charge is 0.201 e. The Morgan fingerprint density at radius 1 is 1.47 bits per heavy atom. The predicted molar refractivity (Wildman–Crippen MR) is 78.8 cm³/mol. The van der Waals surface area contributed by atoms with Gasteiger partial charge in [-0.15, -0.1) is 0 Å². The van der Waals surface area contributed by atoms with Gasteiger partial charge in [-0.05, 0) is 59.0 Å². The molecule has 1 saturated carbocycles. The van der Waals surface area contributed by atoms with Crippen LogP contribution in [0.15, 0.2) is 18.2 Å². The van der Waals surface area contributed by atoms with Crippen molar-refractivity contribution in [3.8, 4) is 0 Å². The van der Waals surface area contributed by atoms with Gasteiger partial charge in [0, 0.05) is 10.1 Å². The van der Waals surface area contributed by atoms with Crippen LogP contribution in [0.4, 0.5) is 5.95 Å². The molecule has 1 aromatic heterocycles. The van der Waals surface area contributed by atoms with Crippen LogP contribution < -0.4 is 5.73 Å². The molecular weight excluding hydrogens is 325 g/mol. The lowest BCUT2D eigenvalue weighted by Crippen LogP contribution is -2.31. The molecule has 17 heavy (non-hydrogen) atoms. The summed E-state index contributed by atoms with van der Waals surface area (Å²) in [4.78, 5) is 4.45. The van der Waals surface area contributed by atoms with Gasteiger partial charge in [-0.1, -0.05) is 13.3 Å². The summed E-state index contributed by atoms with van der Waals surface area (Å²) >= 11 is 2.31. The Morgan fingerprint density at radius 2 is 2.24 bits per heavy atom. The molecule has 1 aromatic carbocycles. The van der Waals surface area contributed by atoms with Crippen LogP contribution in [-0.4, -0.2) is 9.55 Å². The average Bonchev–Trinajstić information content (AvgIpc) is 2.52. The van der Waals surface area contributed by atoms with E-state index in [1.165, 1.54) is 22.8 Å². The molecular formula is C13H16IN3. The normalized spacial score (nSPS) is 18.2. The van der Waals surface area contributed by atoms with Crippen molar-refractivity contribution in [1.82, 2.24) is 9.55 Å². The van der Waals surface area contributed by atoms with E-state index in [-0.39, 0.29) is 0 Å². The van der Waals surface area contributed by atoms with Crippen molar-refractivity contribution in [3.05, 3.63) is 21.8 Å². The summed E-state index contributed by atoms with van der Waals surface area (Å²) in [5, 5.41) is 0. The van der Waals surface area contributed by atoms with Crippen LogP contribution in [0.1, 0.15) is 26.2 Å². The zero-order valence-electron chi connectivity index (χ0n) is 9.91. The van der Waals surface area contributed by atoms with Gasteiger partial charge in [0.2, 0.25) is 5.95 Å². The minimum atomic E-state index is 0.421. The Morgan fingerprint density at radius 3 is 2.88 bits per heavy atom. The van der Waals surface area contributed by atoms with E-state index in [0.717, 1.165) is 17.6 Å². The standard InChI is InChI=1S/C13H16IN3/c1-13(5-2-6-13)8-17-11-4-3-9(14)7-10(11)16-12(17)15/h3-4,7H,2,5-6,8H2,1H3,(H2,15,16). The maximum absolute atomic E-state index is 6.04. The predicted octanol–water partition coefficient (Wildman–Crippen LogP) is 3.41. The highest BCUT2D eigenvalue weighted by Gasteiger charge is 2.33. The topological polar surface area (TPSA) is 43.8 Å². The Bertz CT molecular complexity index is 569. The fourth-order valence-corrected chi connectivity index (χ4v) is 3.08. The lowest BCUT2D eigenvalue weighted by Gasteiger charge is -2.38. The van der Waals surface area contributed by atoms with Gasteiger partial charge in [-0.25, -0.2) is 4.98 Å². The number of halogens is 1. The number of fused-ring (bicyclic) bond motifs is 1. The van der Waals surface area contributed by atoms with Gasteiger partial charge in [0.05, 0.1) is 11.0 Å². The molecule has 3 nitrogen and oxygen atoms in total. The number of rotatable bonds is 2. The highest BCUT2D eigenvalue weighted by Crippen LogP contribution is 2.42. The largest absolute Gasteiger partial charge is 0.369 e. The van der Waals surface area contributed by atoms with E-state index in [0.29, 0.717) is 11.4 Å². The van der Waals surface area contributed by atoms with Crippen molar-refractivity contribution in [1.29, 1.82) is 0 Å². The van der Waals surface area contributed by atoms with E-state index < -0.39 is 0 Å².